The Labute approximate surface area is 52.0 Å². The first-order valence-electron chi connectivity index (χ1n) is 2.33. The van der Waals surface area contributed by atoms with Gasteiger partial charge < -0.3 is 5.11 Å². The van der Waals surface area contributed by atoms with Crippen molar-refractivity contribution in [2.75, 3.05) is 0 Å². The number of hydrogen-bond donors (Lipinski definition) is 2. The molecule has 0 saturated heterocycles. The van der Waals surface area contributed by atoms with Crippen LogP contribution in [-0.4, -0.2) is 16.6 Å². The highest BCUT2D eigenvalue weighted by atomic mass is 16.4. The molecular weight excluding hydrogens is 124 g/mol. The highest BCUT2D eigenvalue weighted by Crippen LogP contribution is 1.99. The molecule has 0 atom stereocenters. The van der Waals surface area contributed by atoms with Crippen LogP contribution in [0.3, 0.4) is 0 Å². The van der Waals surface area contributed by atoms with E-state index >= 15 is 0 Å². The largest absolute Gasteiger partial charge is 0.479 e. The van der Waals surface area contributed by atoms with Crippen LogP contribution in [-0.2, 0) is 4.79 Å². The zero-order valence-electron chi connectivity index (χ0n) is 5.21. The standard InChI is InChI=1S/C4H8N2O3/c1-4(2,3(7)8)5-6-9/h1-2H3,(H,5,9)(H,7,8). The topological polar surface area (TPSA) is 78.8 Å². The van der Waals surface area contributed by atoms with E-state index in [9.17, 15) is 9.70 Å². The van der Waals surface area contributed by atoms with Crippen LogP contribution in [0.4, 0.5) is 0 Å². The number of nitrogens with zero attached hydrogens (tertiary/aromatic N) is 1. The molecule has 0 aromatic carbocycles. The van der Waals surface area contributed by atoms with Gasteiger partial charge >= 0.3 is 5.97 Å². The molecule has 0 aliphatic heterocycles. The Balaban J connectivity index is 4.00. The molecule has 0 spiro atoms. The minimum absolute atomic E-state index is 1.11. The molecule has 0 fully saturated rings. The molecule has 0 rings (SSSR count). The van der Waals surface area contributed by atoms with Gasteiger partial charge in [0.15, 0.2) is 0 Å². The number of aliphatic carboxylic acids is 1. The Morgan fingerprint density at radius 1 is 1.67 bits per heavy atom. The Bertz CT molecular complexity index is 132. The molecule has 0 aromatic heterocycles. The van der Waals surface area contributed by atoms with Gasteiger partial charge in [-0.1, -0.05) is 0 Å². The second-order valence-electron chi connectivity index (χ2n) is 2.13. The molecule has 0 saturated carbocycles. The van der Waals surface area contributed by atoms with E-state index in [0.29, 0.717) is 0 Å². The van der Waals surface area contributed by atoms with Crippen molar-refractivity contribution < 1.29 is 9.90 Å². The molecule has 0 unspecified atom stereocenters. The predicted octanol–water partition coefficient (Wildman–Crippen LogP) is 0.121. The summed E-state index contributed by atoms with van der Waals surface area (Å²) >= 11 is 0. The van der Waals surface area contributed by atoms with Crippen LogP contribution < -0.4 is 5.43 Å². The number of carboxylic acids is 1. The van der Waals surface area contributed by atoms with Crippen molar-refractivity contribution in [1.29, 1.82) is 0 Å². The van der Waals surface area contributed by atoms with Crippen molar-refractivity contribution in [2.24, 2.45) is 5.29 Å². The zero-order chi connectivity index (χ0) is 7.49. The summed E-state index contributed by atoms with van der Waals surface area (Å²) in [7, 11) is 0. The fourth-order valence-electron chi connectivity index (χ4n) is 0.162. The zero-order valence-corrected chi connectivity index (χ0v) is 5.21. The number of carboxylic acid groups (broad SMARTS) is 1. The molecule has 0 heterocycles. The summed E-state index contributed by atoms with van der Waals surface area (Å²) in [5.41, 5.74) is 0.629. The fraction of sp³-hybridized carbons (Fsp3) is 0.750. The van der Waals surface area contributed by atoms with Crippen molar-refractivity contribution in [3.8, 4) is 0 Å². The molecule has 0 aliphatic carbocycles. The Morgan fingerprint density at radius 3 is 2.22 bits per heavy atom. The quantitative estimate of drug-likeness (QED) is 0.422. The summed E-state index contributed by atoms with van der Waals surface area (Å²) < 4.78 is 0. The summed E-state index contributed by atoms with van der Waals surface area (Å²) in [6, 6.07) is 0. The maximum atomic E-state index is 10.1. The lowest BCUT2D eigenvalue weighted by Crippen LogP contribution is -2.43. The first kappa shape index (κ1) is 7.87. The minimum atomic E-state index is -1.26. The summed E-state index contributed by atoms with van der Waals surface area (Å²) in [5.74, 6) is -1.11. The molecule has 2 N–H and O–H groups in total. The number of rotatable bonds is 3. The summed E-state index contributed by atoms with van der Waals surface area (Å²) in [6.45, 7) is 2.69. The van der Waals surface area contributed by atoms with Crippen molar-refractivity contribution in [3.05, 3.63) is 4.91 Å². The summed E-state index contributed by atoms with van der Waals surface area (Å²) in [6.07, 6.45) is 0. The lowest BCUT2D eigenvalue weighted by atomic mass is 10.1. The molecule has 0 aromatic rings. The van der Waals surface area contributed by atoms with Crippen LogP contribution in [0, 0.1) is 4.91 Å². The van der Waals surface area contributed by atoms with Gasteiger partial charge in [-0.05, 0) is 13.8 Å². The van der Waals surface area contributed by atoms with Crippen LogP contribution >= 0.6 is 0 Å². The lowest BCUT2D eigenvalue weighted by molar-refractivity contribution is -0.143. The van der Waals surface area contributed by atoms with Gasteiger partial charge in [0.25, 0.3) is 0 Å². The highest BCUT2D eigenvalue weighted by molar-refractivity contribution is 5.77. The van der Waals surface area contributed by atoms with E-state index in [2.05, 4.69) is 5.29 Å². The highest BCUT2D eigenvalue weighted by Gasteiger charge is 2.26. The third-order valence-corrected chi connectivity index (χ3v) is 0.860. The van der Waals surface area contributed by atoms with Gasteiger partial charge in [-0.2, -0.15) is 0 Å². The summed E-state index contributed by atoms with van der Waals surface area (Å²) in [5, 5.41) is 10.6. The van der Waals surface area contributed by atoms with Crippen molar-refractivity contribution >= 4 is 5.97 Å². The molecule has 0 bridgehead atoms. The van der Waals surface area contributed by atoms with Gasteiger partial charge in [-0.15, -0.1) is 4.91 Å². The smallest absolute Gasteiger partial charge is 0.330 e. The first-order valence-corrected chi connectivity index (χ1v) is 2.33. The number of nitroso groups, excluding NO2 is 1. The molecule has 0 amide bonds. The van der Waals surface area contributed by atoms with Crippen LogP contribution in [0.1, 0.15) is 13.8 Å². The van der Waals surface area contributed by atoms with E-state index in [4.69, 9.17) is 5.11 Å². The second kappa shape index (κ2) is 2.43. The third-order valence-electron chi connectivity index (χ3n) is 0.860. The predicted molar refractivity (Wildman–Crippen MR) is 30.6 cm³/mol. The Kier molecular flexibility index (Phi) is 2.12. The van der Waals surface area contributed by atoms with E-state index in [1.54, 1.807) is 0 Å². The summed E-state index contributed by atoms with van der Waals surface area (Å²) in [4.78, 5) is 19.7. The van der Waals surface area contributed by atoms with Gasteiger partial charge in [0.2, 0.25) is 0 Å². The normalized spacial score (nSPS) is 10.4. The van der Waals surface area contributed by atoms with Gasteiger partial charge in [-0.3, -0.25) is 5.43 Å². The van der Waals surface area contributed by atoms with Crippen LogP contribution in [0.5, 0.6) is 0 Å². The third kappa shape index (κ3) is 2.07. The van der Waals surface area contributed by atoms with E-state index in [1.165, 1.54) is 13.8 Å². The second-order valence-corrected chi connectivity index (χ2v) is 2.13. The Morgan fingerprint density at radius 2 is 2.11 bits per heavy atom. The van der Waals surface area contributed by atoms with E-state index in [1.807, 2.05) is 5.43 Å². The molecule has 5 nitrogen and oxygen atoms in total. The molecule has 9 heavy (non-hydrogen) atoms. The molecule has 52 valence electrons. The van der Waals surface area contributed by atoms with Gasteiger partial charge in [0.05, 0.1) is 5.29 Å². The number of hydrogen-bond acceptors (Lipinski definition) is 3. The molecule has 0 aliphatic rings. The van der Waals surface area contributed by atoms with E-state index in [0.717, 1.165) is 0 Å². The SMILES string of the molecule is CC(C)(NN=O)C(=O)O. The molecular formula is C4H8N2O3. The average Bonchev–Trinajstić information content (AvgIpc) is 1.65. The van der Waals surface area contributed by atoms with E-state index < -0.39 is 11.5 Å². The average molecular weight is 132 g/mol. The van der Waals surface area contributed by atoms with Crippen LogP contribution in [0.2, 0.25) is 0 Å². The minimum Gasteiger partial charge on any atom is -0.479 e. The maximum Gasteiger partial charge on any atom is 0.330 e. The van der Waals surface area contributed by atoms with Crippen LogP contribution in [0.25, 0.3) is 0 Å². The molecule has 0 radical (unpaired) electrons. The van der Waals surface area contributed by atoms with Gasteiger partial charge in [-0.25, -0.2) is 4.79 Å². The van der Waals surface area contributed by atoms with Crippen molar-refractivity contribution in [1.82, 2.24) is 5.43 Å². The Hall–Kier alpha value is -1.13. The number of carbonyl (C=O) groups is 1. The fourth-order valence-corrected chi connectivity index (χ4v) is 0.162. The molecule has 5 heteroatoms. The van der Waals surface area contributed by atoms with Crippen LogP contribution in [0.15, 0.2) is 5.29 Å². The lowest BCUT2D eigenvalue weighted by Gasteiger charge is -2.14. The van der Waals surface area contributed by atoms with Crippen molar-refractivity contribution in [2.45, 2.75) is 19.4 Å². The monoisotopic (exact) mass is 132 g/mol. The maximum absolute atomic E-state index is 10.1. The van der Waals surface area contributed by atoms with Crippen molar-refractivity contribution in [3.63, 3.8) is 0 Å². The first-order chi connectivity index (χ1) is 4.00. The number of nitrogens with one attached hydrogen (secondary N) is 1. The van der Waals surface area contributed by atoms with E-state index in [-0.39, 0.29) is 0 Å². The van der Waals surface area contributed by atoms with Gasteiger partial charge in [0.1, 0.15) is 5.54 Å². The van der Waals surface area contributed by atoms with Gasteiger partial charge in [0, 0.05) is 0 Å².